The quantitative estimate of drug-likeness (QED) is 0.850. The molecule has 1 aliphatic heterocycles. The zero-order chi connectivity index (χ0) is 12.8. The summed E-state index contributed by atoms with van der Waals surface area (Å²) in [6.45, 7) is 5.25. The van der Waals surface area contributed by atoms with Crippen LogP contribution >= 0.6 is 11.8 Å². The third-order valence-corrected chi connectivity index (χ3v) is 4.78. The zero-order valence-corrected chi connectivity index (χ0v) is 12.3. The highest BCUT2D eigenvalue weighted by molar-refractivity contribution is 7.99. The molecule has 0 aliphatic carbocycles. The second-order valence-corrected chi connectivity index (χ2v) is 6.13. The Morgan fingerprint density at radius 3 is 2.78 bits per heavy atom. The van der Waals surface area contributed by atoms with Crippen LogP contribution in [-0.2, 0) is 13.1 Å². The number of hydrogen-bond acceptors (Lipinski definition) is 3. The number of thioether (sulfide) groups is 1. The molecule has 1 fully saturated rings. The molecule has 1 atom stereocenters. The van der Waals surface area contributed by atoms with Gasteiger partial charge in [-0.15, -0.1) is 0 Å². The highest BCUT2D eigenvalue weighted by Crippen LogP contribution is 2.23. The maximum Gasteiger partial charge on any atom is 0.0237 e. The molecule has 0 amide bonds. The molecule has 18 heavy (non-hydrogen) atoms. The molecule has 1 N–H and O–H groups in total. The number of hydrogen-bond donors (Lipinski definition) is 1. The van der Waals surface area contributed by atoms with E-state index in [1.165, 1.54) is 29.1 Å². The molecule has 1 aromatic rings. The van der Waals surface area contributed by atoms with Crippen LogP contribution in [0.4, 0.5) is 0 Å². The first kappa shape index (κ1) is 13.9. The van der Waals surface area contributed by atoms with Gasteiger partial charge in [0, 0.05) is 24.9 Å². The molecule has 0 radical (unpaired) electrons. The van der Waals surface area contributed by atoms with Crippen molar-refractivity contribution in [3.05, 3.63) is 35.4 Å². The lowest BCUT2D eigenvalue weighted by Crippen LogP contribution is -2.31. The summed E-state index contributed by atoms with van der Waals surface area (Å²) in [4.78, 5) is 2.52. The van der Waals surface area contributed by atoms with Crippen molar-refractivity contribution < 1.29 is 0 Å². The lowest BCUT2D eigenvalue weighted by atomic mass is 10.1. The van der Waals surface area contributed by atoms with Crippen LogP contribution in [0.15, 0.2) is 24.3 Å². The molecule has 2 rings (SSSR count). The van der Waals surface area contributed by atoms with Gasteiger partial charge in [-0.2, -0.15) is 11.8 Å². The normalized spacial score (nSPS) is 19.6. The van der Waals surface area contributed by atoms with E-state index in [0.29, 0.717) is 0 Å². The van der Waals surface area contributed by atoms with Gasteiger partial charge in [0.25, 0.3) is 0 Å². The fraction of sp³-hybridized carbons (Fsp3) is 0.600. The van der Waals surface area contributed by atoms with E-state index in [1.54, 1.807) is 0 Å². The summed E-state index contributed by atoms with van der Waals surface area (Å²) < 4.78 is 0. The monoisotopic (exact) mass is 264 g/mol. The van der Waals surface area contributed by atoms with E-state index in [4.69, 9.17) is 0 Å². The van der Waals surface area contributed by atoms with Crippen LogP contribution in [0.25, 0.3) is 0 Å². The Kier molecular flexibility index (Phi) is 5.54. The first-order valence-electron chi connectivity index (χ1n) is 6.86. The van der Waals surface area contributed by atoms with E-state index in [0.717, 1.165) is 25.7 Å². The predicted molar refractivity (Wildman–Crippen MR) is 81.0 cm³/mol. The van der Waals surface area contributed by atoms with Gasteiger partial charge >= 0.3 is 0 Å². The maximum atomic E-state index is 3.43. The van der Waals surface area contributed by atoms with E-state index in [1.807, 2.05) is 0 Å². The van der Waals surface area contributed by atoms with E-state index in [-0.39, 0.29) is 0 Å². The first-order chi connectivity index (χ1) is 8.81. The van der Waals surface area contributed by atoms with E-state index >= 15 is 0 Å². The SMILES string of the molecule is CCNCc1ccccc1CN(C)C1CCSC1. The third-order valence-electron chi connectivity index (χ3n) is 3.63. The van der Waals surface area contributed by atoms with Gasteiger partial charge in [-0.3, -0.25) is 4.90 Å². The van der Waals surface area contributed by atoms with Gasteiger partial charge in [0.05, 0.1) is 0 Å². The molecule has 2 nitrogen and oxygen atoms in total. The Labute approximate surface area is 115 Å². The molecule has 0 aromatic heterocycles. The Morgan fingerprint density at radius 1 is 1.33 bits per heavy atom. The zero-order valence-electron chi connectivity index (χ0n) is 11.5. The van der Waals surface area contributed by atoms with Gasteiger partial charge in [0.2, 0.25) is 0 Å². The lowest BCUT2D eigenvalue weighted by Gasteiger charge is -2.24. The molecular formula is C15H24N2S. The average Bonchev–Trinajstić information content (AvgIpc) is 2.91. The highest BCUT2D eigenvalue weighted by Gasteiger charge is 2.20. The van der Waals surface area contributed by atoms with E-state index in [2.05, 4.69) is 60.2 Å². The summed E-state index contributed by atoms with van der Waals surface area (Å²) in [5.74, 6) is 2.62. The largest absolute Gasteiger partial charge is 0.313 e. The van der Waals surface area contributed by atoms with Crippen molar-refractivity contribution in [2.45, 2.75) is 32.5 Å². The number of rotatable bonds is 6. The summed E-state index contributed by atoms with van der Waals surface area (Å²) in [6.07, 6.45) is 1.34. The molecule has 1 saturated heterocycles. The van der Waals surface area contributed by atoms with Crippen molar-refractivity contribution in [3.8, 4) is 0 Å². The van der Waals surface area contributed by atoms with Crippen molar-refractivity contribution >= 4 is 11.8 Å². The summed E-state index contributed by atoms with van der Waals surface area (Å²) in [6, 6.07) is 9.58. The minimum Gasteiger partial charge on any atom is -0.313 e. The molecule has 1 heterocycles. The smallest absolute Gasteiger partial charge is 0.0237 e. The predicted octanol–water partition coefficient (Wildman–Crippen LogP) is 2.73. The molecule has 1 aromatic carbocycles. The van der Waals surface area contributed by atoms with Crippen LogP contribution in [0.2, 0.25) is 0 Å². The standard InChI is InChI=1S/C15H24N2S/c1-3-16-10-13-6-4-5-7-14(13)11-17(2)15-8-9-18-12-15/h4-7,15-16H,3,8-12H2,1-2H3. The fourth-order valence-electron chi connectivity index (χ4n) is 2.41. The second-order valence-electron chi connectivity index (χ2n) is 4.98. The first-order valence-corrected chi connectivity index (χ1v) is 8.02. The van der Waals surface area contributed by atoms with Gasteiger partial charge in [0.1, 0.15) is 0 Å². The number of nitrogens with one attached hydrogen (secondary N) is 1. The maximum absolute atomic E-state index is 3.43. The van der Waals surface area contributed by atoms with Crippen molar-refractivity contribution in [1.82, 2.24) is 10.2 Å². The molecule has 1 aliphatic rings. The molecule has 3 heteroatoms. The van der Waals surface area contributed by atoms with Gasteiger partial charge in [-0.1, -0.05) is 31.2 Å². The van der Waals surface area contributed by atoms with Crippen LogP contribution in [0, 0.1) is 0 Å². The second kappa shape index (κ2) is 7.17. The molecule has 0 bridgehead atoms. The van der Waals surface area contributed by atoms with Crippen LogP contribution < -0.4 is 5.32 Å². The van der Waals surface area contributed by atoms with Crippen LogP contribution in [0.5, 0.6) is 0 Å². The summed E-state index contributed by atoms with van der Waals surface area (Å²) in [7, 11) is 2.26. The molecule has 0 spiro atoms. The summed E-state index contributed by atoms with van der Waals surface area (Å²) >= 11 is 2.09. The molecule has 1 unspecified atom stereocenters. The molecular weight excluding hydrogens is 240 g/mol. The van der Waals surface area contributed by atoms with Crippen LogP contribution in [-0.4, -0.2) is 36.0 Å². The minimum atomic E-state index is 0.766. The van der Waals surface area contributed by atoms with Crippen LogP contribution in [0.3, 0.4) is 0 Å². The van der Waals surface area contributed by atoms with Crippen LogP contribution in [0.1, 0.15) is 24.5 Å². The van der Waals surface area contributed by atoms with E-state index < -0.39 is 0 Å². The van der Waals surface area contributed by atoms with Gasteiger partial charge < -0.3 is 5.32 Å². The fourth-order valence-corrected chi connectivity index (χ4v) is 3.71. The Bertz CT molecular complexity index is 361. The molecule has 100 valence electrons. The average molecular weight is 264 g/mol. The number of nitrogens with zero attached hydrogens (tertiary/aromatic N) is 1. The summed E-state index contributed by atoms with van der Waals surface area (Å²) in [5.41, 5.74) is 2.91. The van der Waals surface area contributed by atoms with Crippen molar-refractivity contribution in [1.29, 1.82) is 0 Å². The van der Waals surface area contributed by atoms with Crippen molar-refractivity contribution in [2.24, 2.45) is 0 Å². The van der Waals surface area contributed by atoms with Gasteiger partial charge in [-0.05, 0) is 36.9 Å². The third kappa shape index (κ3) is 3.74. The summed E-state index contributed by atoms with van der Waals surface area (Å²) in [5, 5.41) is 3.43. The van der Waals surface area contributed by atoms with Crippen molar-refractivity contribution in [3.63, 3.8) is 0 Å². The highest BCUT2D eigenvalue weighted by atomic mass is 32.2. The van der Waals surface area contributed by atoms with Gasteiger partial charge in [-0.25, -0.2) is 0 Å². The van der Waals surface area contributed by atoms with Crippen molar-refractivity contribution in [2.75, 3.05) is 25.1 Å². The Morgan fingerprint density at radius 2 is 2.11 bits per heavy atom. The minimum absolute atomic E-state index is 0.766. The van der Waals surface area contributed by atoms with Gasteiger partial charge in [0.15, 0.2) is 0 Å². The molecule has 0 saturated carbocycles. The van der Waals surface area contributed by atoms with E-state index in [9.17, 15) is 0 Å². The number of benzene rings is 1. The Hall–Kier alpha value is -0.510. The topological polar surface area (TPSA) is 15.3 Å². The Balaban J connectivity index is 1.98. The lowest BCUT2D eigenvalue weighted by molar-refractivity contribution is 0.253.